The lowest BCUT2D eigenvalue weighted by atomic mass is 9.96. The van der Waals surface area contributed by atoms with Crippen LogP contribution in [0.1, 0.15) is 19.8 Å². The highest BCUT2D eigenvalue weighted by molar-refractivity contribution is 5.76. The van der Waals surface area contributed by atoms with Crippen molar-refractivity contribution in [2.24, 2.45) is 11.7 Å². The predicted molar refractivity (Wildman–Crippen MR) is 69.0 cm³/mol. The molecule has 0 aliphatic heterocycles. The second kappa shape index (κ2) is 4.94. The van der Waals surface area contributed by atoms with Gasteiger partial charge in [0.1, 0.15) is 6.54 Å². The topological polar surface area (TPSA) is 77.1 Å². The quantitative estimate of drug-likeness (QED) is 0.776. The standard InChI is InChI=1S/C13H19N3O2/c1-13(9-14,10-5-6-10)15-11(17)8-16-7-3-2-4-12(16)18/h2-4,7,10H,5-6,8-9,14H2,1H3,(H,15,17). The maximum Gasteiger partial charge on any atom is 0.250 e. The van der Waals surface area contributed by atoms with E-state index in [0.29, 0.717) is 12.5 Å². The van der Waals surface area contributed by atoms with Crippen LogP contribution < -0.4 is 16.6 Å². The molecule has 98 valence electrons. The van der Waals surface area contributed by atoms with Gasteiger partial charge in [-0.05, 0) is 31.7 Å². The molecule has 3 N–H and O–H groups in total. The summed E-state index contributed by atoms with van der Waals surface area (Å²) in [6, 6.07) is 4.83. The molecule has 1 saturated carbocycles. The van der Waals surface area contributed by atoms with Crippen molar-refractivity contribution in [2.75, 3.05) is 6.54 Å². The first kappa shape index (κ1) is 12.8. The summed E-state index contributed by atoms with van der Waals surface area (Å²) in [6.45, 7) is 2.44. The molecular formula is C13H19N3O2. The van der Waals surface area contributed by atoms with Crippen LogP contribution in [0, 0.1) is 5.92 Å². The van der Waals surface area contributed by atoms with Crippen LogP contribution in [0.4, 0.5) is 0 Å². The number of hydrogen-bond acceptors (Lipinski definition) is 3. The maximum atomic E-state index is 11.9. The lowest BCUT2D eigenvalue weighted by Gasteiger charge is -2.29. The molecule has 5 nitrogen and oxygen atoms in total. The Labute approximate surface area is 106 Å². The Morgan fingerprint density at radius 1 is 1.56 bits per heavy atom. The fraction of sp³-hybridized carbons (Fsp3) is 0.538. The molecule has 1 amide bonds. The fourth-order valence-corrected chi connectivity index (χ4v) is 2.14. The van der Waals surface area contributed by atoms with E-state index in [0.717, 1.165) is 12.8 Å². The van der Waals surface area contributed by atoms with Crippen LogP contribution in [0.3, 0.4) is 0 Å². The third-order valence-corrected chi connectivity index (χ3v) is 3.54. The zero-order valence-electron chi connectivity index (χ0n) is 10.6. The molecule has 1 aliphatic rings. The highest BCUT2D eigenvalue weighted by Crippen LogP contribution is 2.38. The molecule has 1 unspecified atom stereocenters. The molecule has 0 aromatic carbocycles. The Balaban J connectivity index is 2.00. The van der Waals surface area contributed by atoms with Crippen LogP contribution in [0.15, 0.2) is 29.2 Å². The molecule has 1 heterocycles. The molecule has 1 aromatic heterocycles. The summed E-state index contributed by atoms with van der Waals surface area (Å²) in [6.07, 6.45) is 3.83. The minimum absolute atomic E-state index is 0.0436. The molecule has 1 aromatic rings. The van der Waals surface area contributed by atoms with Crippen LogP contribution in [-0.4, -0.2) is 22.6 Å². The lowest BCUT2D eigenvalue weighted by molar-refractivity contribution is -0.123. The summed E-state index contributed by atoms with van der Waals surface area (Å²) in [5, 5.41) is 2.96. The Bertz CT molecular complexity index is 493. The average Bonchev–Trinajstić information content (AvgIpc) is 3.16. The van der Waals surface area contributed by atoms with Crippen LogP contribution in [0.25, 0.3) is 0 Å². The fourth-order valence-electron chi connectivity index (χ4n) is 2.14. The van der Waals surface area contributed by atoms with Gasteiger partial charge in [-0.1, -0.05) is 6.07 Å². The Morgan fingerprint density at radius 2 is 2.28 bits per heavy atom. The van der Waals surface area contributed by atoms with E-state index in [-0.39, 0.29) is 23.6 Å². The van der Waals surface area contributed by atoms with E-state index in [1.54, 1.807) is 18.3 Å². The number of amides is 1. The monoisotopic (exact) mass is 249 g/mol. The van der Waals surface area contributed by atoms with Crippen molar-refractivity contribution in [1.29, 1.82) is 0 Å². The first-order chi connectivity index (χ1) is 8.55. The molecule has 5 heteroatoms. The number of carbonyl (C=O) groups excluding carboxylic acids is 1. The van der Waals surface area contributed by atoms with Gasteiger partial charge in [0, 0.05) is 18.8 Å². The third kappa shape index (κ3) is 2.79. The highest BCUT2D eigenvalue weighted by Gasteiger charge is 2.41. The molecule has 0 spiro atoms. The summed E-state index contributed by atoms with van der Waals surface area (Å²) < 4.78 is 1.39. The zero-order chi connectivity index (χ0) is 13.2. The minimum atomic E-state index is -0.338. The second-order valence-corrected chi connectivity index (χ2v) is 5.11. The predicted octanol–water partition coefficient (Wildman–Crippen LogP) is 0.0919. The Hall–Kier alpha value is -1.62. The van der Waals surface area contributed by atoms with Gasteiger partial charge in [0.25, 0.3) is 5.56 Å². The molecule has 2 rings (SSSR count). The van der Waals surface area contributed by atoms with Crippen LogP contribution in [0.5, 0.6) is 0 Å². The maximum absolute atomic E-state index is 11.9. The molecule has 1 fully saturated rings. The Morgan fingerprint density at radius 3 is 2.83 bits per heavy atom. The van der Waals surface area contributed by atoms with E-state index in [1.165, 1.54) is 10.6 Å². The number of aromatic nitrogens is 1. The van der Waals surface area contributed by atoms with Gasteiger partial charge in [-0.25, -0.2) is 0 Å². The van der Waals surface area contributed by atoms with Crippen molar-refractivity contribution in [3.8, 4) is 0 Å². The number of carbonyl (C=O) groups is 1. The smallest absolute Gasteiger partial charge is 0.250 e. The van der Waals surface area contributed by atoms with Crippen molar-refractivity contribution in [3.63, 3.8) is 0 Å². The van der Waals surface area contributed by atoms with Gasteiger partial charge >= 0.3 is 0 Å². The molecule has 0 radical (unpaired) electrons. The van der Waals surface area contributed by atoms with Gasteiger partial charge in [-0.2, -0.15) is 0 Å². The molecule has 1 atom stereocenters. The summed E-state index contributed by atoms with van der Waals surface area (Å²) in [7, 11) is 0. The van der Waals surface area contributed by atoms with Gasteiger partial charge in [-0.3, -0.25) is 9.59 Å². The number of nitrogens with one attached hydrogen (secondary N) is 1. The second-order valence-electron chi connectivity index (χ2n) is 5.11. The summed E-state index contributed by atoms with van der Waals surface area (Å²) in [4.78, 5) is 23.4. The van der Waals surface area contributed by atoms with Crippen molar-refractivity contribution in [1.82, 2.24) is 9.88 Å². The van der Waals surface area contributed by atoms with Gasteiger partial charge in [0.15, 0.2) is 0 Å². The van der Waals surface area contributed by atoms with E-state index in [9.17, 15) is 9.59 Å². The summed E-state index contributed by atoms with van der Waals surface area (Å²) >= 11 is 0. The number of nitrogens with zero attached hydrogens (tertiary/aromatic N) is 1. The molecule has 1 aliphatic carbocycles. The van der Waals surface area contributed by atoms with Crippen molar-refractivity contribution in [3.05, 3.63) is 34.7 Å². The lowest BCUT2D eigenvalue weighted by Crippen LogP contribution is -2.54. The first-order valence-electron chi connectivity index (χ1n) is 6.22. The van der Waals surface area contributed by atoms with Gasteiger partial charge in [0.2, 0.25) is 5.91 Å². The SMILES string of the molecule is CC(CN)(NC(=O)Cn1ccccc1=O)C1CC1. The van der Waals surface area contributed by atoms with E-state index in [2.05, 4.69) is 5.32 Å². The van der Waals surface area contributed by atoms with Gasteiger partial charge in [0.05, 0.1) is 5.54 Å². The third-order valence-electron chi connectivity index (χ3n) is 3.54. The molecule has 0 saturated heterocycles. The largest absolute Gasteiger partial charge is 0.348 e. The average molecular weight is 249 g/mol. The van der Waals surface area contributed by atoms with E-state index in [1.807, 2.05) is 6.92 Å². The number of hydrogen-bond donors (Lipinski definition) is 2. The molecular weight excluding hydrogens is 230 g/mol. The number of rotatable bonds is 5. The van der Waals surface area contributed by atoms with Crippen LogP contribution >= 0.6 is 0 Å². The normalized spacial score (nSPS) is 18.1. The number of nitrogens with two attached hydrogens (primary N) is 1. The van der Waals surface area contributed by atoms with E-state index in [4.69, 9.17) is 5.73 Å². The van der Waals surface area contributed by atoms with Crippen molar-refractivity contribution in [2.45, 2.75) is 31.8 Å². The first-order valence-corrected chi connectivity index (χ1v) is 6.22. The van der Waals surface area contributed by atoms with E-state index >= 15 is 0 Å². The minimum Gasteiger partial charge on any atom is -0.348 e. The molecule has 0 bridgehead atoms. The number of pyridine rings is 1. The zero-order valence-corrected chi connectivity index (χ0v) is 10.6. The molecule has 18 heavy (non-hydrogen) atoms. The van der Waals surface area contributed by atoms with Crippen LogP contribution in [-0.2, 0) is 11.3 Å². The summed E-state index contributed by atoms with van der Waals surface area (Å²) in [5.41, 5.74) is 5.23. The van der Waals surface area contributed by atoms with Gasteiger partial charge < -0.3 is 15.6 Å². The van der Waals surface area contributed by atoms with E-state index < -0.39 is 0 Å². The highest BCUT2D eigenvalue weighted by atomic mass is 16.2. The van der Waals surface area contributed by atoms with Crippen LogP contribution in [0.2, 0.25) is 0 Å². The van der Waals surface area contributed by atoms with Crippen molar-refractivity contribution < 1.29 is 4.79 Å². The summed E-state index contributed by atoms with van der Waals surface area (Å²) in [5.74, 6) is 0.307. The van der Waals surface area contributed by atoms with Gasteiger partial charge in [-0.15, -0.1) is 0 Å². The van der Waals surface area contributed by atoms with Crippen molar-refractivity contribution >= 4 is 5.91 Å². The Kier molecular flexibility index (Phi) is 3.52.